The molecule has 2 amide bonds. The van der Waals surface area contributed by atoms with E-state index in [0.717, 1.165) is 14.8 Å². The Labute approximate surface area is 158 Å². The summed E-state index contributed by atoms with van der Waals surface area (Å²) in [5, 5.41) is 1.49. The fourth-order valence-electron chi connectivity index (χ4n) is 3.25. The molecule has 0 bridgehead atoms. The van der Waals surface area contributed by atoms with Crippen molar-refractivity contribution < 1.29 is 19.1 Å². The van der Waals surface area contributed by atoms with Crippen molar-refractivity contribution >= 4 is 44.2 Å². The molecule has 0 unspecified atom stereocenters. The maximum Gasteiger partial charge on any atom is 0.266 e. The Morgan fingerprint density at radius 2 is 1.62 bits per heavy atom. The van der Waals surface area contributed by atoms with Crippen molar-refractivity contribution in [2.75, 3.05) is 19.1 Å². The Morgan fingerprint density at radius 3 is 2.31 bits per heavy atom. The number of nitrogens with zero attached hydrogens (tertiary/aromatic N) is 1. The number of carbonyl (C=O) groups is 2. The first-order chi connectivity index (χ1) is 12.6. The van der Waals surface area contributed by atoms with Crippen LogP contribution in [0.25, 0.3) is 10.8 Å². The van der Waals surface area contributed by atoms with Gasteiger partial charge < -0.3 is 9.47 Å². The van der Waals surface area contributed by atoms with Crippen molar-refractivity contribution in [3.63, 3.8) is 0 Å². The minimum Gasteiger partial charge on any atom is -0.497 e. The maximum atomic E-state index is 13.2. The lowest BCUT2D eigenvalue weighted by Gasteiger charge is -2.28. The van der Waals surface area contributed by atoms with Gasteiger partial charge in [0.15, 0.2) is 0 Å². The molecule has 1 heterocycles. The van der Waals surface area contributed by atoms with E-state index >= 15 is 0 Å². The molecule has 0 spiro atoms. The van der Waals surface area contributed by atoms with Crippen molar-refractivity contribution in [1.82, 2.24) is 0 Å². The first-order valence-electron chi connectivity index (χ1n) is 7.89. The predicted octanol–water partition coefficient (Wildman–Crippen LogP) is 4.42. The zero-order chi connectivity index (χ0) is 18.4. The molecule has 3 aromatic carbocycles. The van der Waals surface area contributed by atoms with Gasteiger partial charge in [0.2, 0.25) is 0 Å². The van der Waals surface area contributed by atoms with E-state index in [4.69, 9.17) is 9.47 Å². The number of amides is 2. The molecule has 0 aliphatic carbocycles. The zero-order valence-electron chi connectivity index (χ0n) is 14.1. The second kappa shape index (κ2) is 6.14. The van der Waals surface area contributed by atoms with Gasteiger partial charge in [-0.15, -0.1) is 0 Å². The number of carbonyl (C=O) groups excluding carboxylic acids is 2. The summed E-state index contributed by atoms with van der Waals surface area (Å²) in [4.78, 5) is 27.5. The standard InChI is InChI=1S/C20H14BrNO4/c1-25-11-6-9-17(26-2)16(10-11)22-19(23)13-5-3-4-12-15(21)8-7-14(18(12)13)20(22)24/h3-10H,1-2H3. The van der Waals surface area contributed by atoms with Crippen molar-refractivity contribution in [3.8, 4) is 11.5 Å². The molecular formula is C20H14BrNO4. The van der Waals surface area contributed by atoms with Crippen molar-refractivity contribution in [1.29, 1.82) is 0 Å². The first kappa shape index (κ1) is 16.6. The number of hydrogen-bond donors (Lipinski definition) is 0. The Morgan fingerprint density at radius 1 is 0.885 bits per heavy atom. The average Bonchev–Trinajstić information content (AvgIpc) is 2.67. The number of rotatable bonds is 3. The SMILES string of the molecule is COc1ccc(OC)c(N2C(=O)c3cccc4c(Br)ccc(c34)C2=O)c1. The molecule has 5 nitrogen and oxygen atoms in total. The van der Waals surface area contributed by atoms with Crippen LogP contribution < -0.4 is 14.4 Å². The monoisotopic (exact) mass is 411 g/mol. The van der Waals surface area contributed by atoms with Crippen LogP contribution in [0.3, 0.4) is 0 Å². The highest BCUT2D eigenvalue weighted by molar-refractivity contribution is 9.10. The third-order valence-electron chi connectivity index (χ3n) is 4.48. The fourth-order valence-corrected chi connectivity index (χ4v) is 3.71. The van der Waals surface area contributed by atoms with Crippen LogP contribution in [0.4, 0.5) is 5.69 Å². The molecule has 0 saturated carbocycles. The highest BCUT2D eigenvalue weighted by Gasteiger charge is 2.36. The van der Waals surface area contributed by atoms with Crippen LogP contribution in [0.5, 0.6) is 11.5 Å². The molecule has 130 valence electrons. The van der Waals surface area contributed by atoms with Gasteiger partial charge in [0, 0.05) is 27.1 Å². The van der Waals surface area contributed by atoms with E-state index in [1.807, 2.05) is 12.1 Å². The van der Waals surface area contributed by atoms with Gasteiger partial charge >= 0.3 is 0 Å². The molecule has 1 aliphatic rings. The molecule has 26 heavy (non-hydrogen) atoms. The second-order valence-electron chi connectivity index (χ2n) is 5.81. The van der Waals surface area contributed by atoms with E-state index in [1.54, 1.807) is 36.4 Å². The van der Waals surface area contributed by atoms with Crippen LogP contribution >= 0.6 is 15.9 Å². The molecule has 0 aromatic heterocycles. The van der Waals surface area contributed by atoms with E-state index in [0.29, 0.717) is 33.7 Å². The third-order valence-corrected chi connectivity index (χ3v) is 5.17. The highest BCUT2D eigenvalue weighted by atomic mass is 79.9. The molecule has 0 radical (unpaired) electrons. The van der Waals surface area contributed by atoms with E-state index in [9.17, 15) is 9.59 Å². The summed E-state index contributed by atoms with van der Waals surface area (Å²) in [6, 6.07) is 14.0. The summed E-state index contributed by atoms with van der Waals surface area (Å²) in [6.07, 6.45) is 0. The summed E-state index contributed by atoms with van der Waals surface area (Å²) in [7, 11) is 3.02. The Balaban J connectivity index is 1.99. The van der Waals surface area contributed by atoms with Crippen LogP contribution in [0, 0.1) is 0 Å². The summed E-state index contributed by atoms with van der Waals surface area (Å²) >= 11 is 3.49. The van der Waals surface area contributed by atoms with Gasteiger partial charge in [0.1, 0.15) is 11.5 Å². The smallest absolute Gasteiger partial charge is 0.266 e. The molecule has 3 aromatic rings. The lowest BCUT2D eigenvalue weighted by Crippen LogP contribution is -2.40. The molecule has 0 fully saturated rings. The van der Waals surface area contributed by atoms with Gasteiger partial charge in [0.25, 0.3) is 11.8 Å². The number of methoxy groups -OCH3 is 2. The van der Waals surface area contributed by atoms with Crippen molar-refractivity contribution in [2.45, 2.75) is 0 Å². The lowest BCUT2D eigenvalue weighted by atomic mass is 9.93. The van der Waals surface area contributed by atoms with E-state index in [2.05, 4.69) is 15.9 Å². The van der Waals surface area contributed by atoms with Crippen molar-refractivity contribution in [2.24, 2.45) is 0 Å². The molecule has 0 saturated heterocycles. The zero-order valence-corrected chi connectivity index (χ0v) is 15.7. The van der Waals surface area contributed by atoms with E-state index in [1.165, 1.54) is 14.2 Å². The van der Waals surface area contributed by atoms with Gasteiger partial charge in [-0.3, -0.25) is 9.59 Å². The van der Waals surface area contributed by atoms with Gasteiger partial charge in [-0.05, 0) is 35.7 Å². The maximum absolute atomic E-state index is 13.2. The lowest BCUT2D eigenvalue weighted by molar-refractivity contribution is 0.0892. The summed E-state index contributed by atoms with van der Waals surface area (Å²) in [6.45, 7) is 0. The Kier molecular flexibility index (Phi) is 3.92. The first-order valence-corrected chi connectivity index (χ1v) is 8.68. The van der Waals surface area contributed by atoms with Gasteiger partial charge in [-0.25, -0.2) is 4.90 Å². The largest absolute Gasteiger partial charge is 0.497 e. The van der Waals surface area contributed by atoms with Crippen LogP contribution in [0.15, 0.2) is 53.0 Å². The molecule has 6 heteroatoms. The summed E-state index contributed by atoms with van der Waals surface area (Å²) < 4.78 is 11.5. The van der Waals surface area contributed by atoms with Crippen LogP contribution in [0.2, 0.25) is 0 Å². The Bertz CT molecular complexity index is 1050. The molecule has 0 N–H and O–H groups in total. The summed E-state index contributed by atoms with van der Waals surface area (Å²) in [5.74, 6) is 0.164. The minimum atomic E-state index is -0.391. The van der Waals surface area contributed by atoms with E-state index < -0.39 is 11.8 Å². The highest BCUT2D eigenvalue weighted by Crippen LogP contribution is 2.39. The summed E-state index contributed by atoms with van der Waals surface area (Å²) in [5.41, 5.74) is 1.30. The number of benzene rings is 3. The predicted molar refractivity (Wildman–Crippen MR) is 102 cm³/mol. The molecule has 0 atom stereocenters. The van der Waals surface area contributed by atoms with Crippen LogP contribution in [-0.2, 0) is 0 Å². The number of halogens is 1. The van der Waals surface area contributed by atoms with Gasteiger partial charge in [0.05, 0.1) is 19.9 Å². The molecule has 1 aliphatic heterocycles. The van der Waals surface area contributed by atoms with Gasteiger partial charge in [-0.1, -0.05) is 28.1 Å². The van der Waals surface area contributed by atoms with Gasteiger partial charge in [-0.2, -0.15) is 0 Å². The number of ether oxygens (including phenoxy) is 2. The van der Waals surface area contributed by atoms with E-state index in [-0.39, 0.29) is 0 Å². The molecular weight excluding hydrogens is 398 g/mol. The second-order valence-corrected chi connectivity index (χ2v) is 6.66. The van der Waals surface area contributed by atoms with Crippen LogP contribution in [-0.4, -0.2) is 26.0 Å². The molecule has 4 rings (SSSR count). The Hall–Kier alpha value is -2.86. The normalized spacial score (nSPS) is 13.3. The topological polar surface area (TPSA) is 55.8 Å². The number of hydrogen-bond acceptors (Lipinski definition) is 4. The number of imide groups is 1. The number of anilines is 1. The van der Waals surface area contributed by atoms with Crippen LogP contribution in [0.1, 0.15) is 20.7 Å². The third kappa shape index (κ3) is 2.29. The fraction of sp³-hybridized carbons (Fsp3) is 0.100. The quantitative estimate of drug-likeness (QED) is 0.598. The average molecular weight is 412 g/mol. The minimum absolute atomic E-state index is 0.354. The van der Waals surface area contributed by atoms with Crippen molar-refractivity contribution in [3.05, 3.63) is 64.1 Å².